The van der Waals surface area contributed by atoms with Crippen molar-refractivity contribution in [1.82, 2.24) is 10.6 Å². The average Bonchev–Trinajstić information content (AvgIpc) is 2.42. The lowest BCUT2D eigenvalue weighted by atomic mass is 10.0. The molecule has 0 unspecified atom stereocenters. The SMILES string of the molecule is CC[C@H](NC(=O)N[C@H](C)c1cccc(NS(C)(=O)=O)c1)C(C)C. The van der Waals surface area contributed by atoms with Gasteiger partial charge in [0.15, 0.2) is 0 Å². The third-order valence-electron chi connectivity index (χ3n) is 3.60. The highest BCUT2D eigenvalue weighted by Gasteiger charge is 2.16. The number of hydrogen-bond acceptors (Lipinski definition) is 3. The molecule has 2 amide bonds. The second kappa shape index (κ2) is 8.19. The molecule has 0 radical (unpaired) electrons. The smallest absolute Gasteiger partial charge is 0.315 e. The summed E-state index contributed by atoms with van der Waals surface area (Å²) in [5.74, 6) is 0.364. The van der Waals surface area contributed by atoms with Crippen molar-refractivity contribution < 1.29 is 13.2 Å². The summed E-state index contributed by atoms with van der Waals surface area (Å²) >= 11 is 0. The van der Waals surface area contributed by atoms with E-state index in [-0.39, 0.29) is 18.1 Å². The van der Waals surface area contributed by atoms with E-state index in [4.69, 9.17) is 0 Å². The standard InChI is InChI=1S/C16H27N3O3S/c1-6-15(11(2)3)18-16(20)17-12(4)13-8-7-9-14(10-13)19-23(5,21)22/h7-12,15,19H,6H2,1-5H3,(H2,17,18,20)/t12-,15+/m1/s1. The van der Waals surface area contributed by atoms with Crippen molar-refractivity contribution in [3.8, 4) is 0 Å². The summed E-state index contributed by atoms with van der Waals surface area (Å²) in [4.78, 5) is 12.1. The summed E-state index contributed by atoms with van der Waals surface area (Å²) in [6.45, 7) is 8.03. The molecule has 3 N–H and O–H groups in total. The second-order valence-electron chi connectivity index (χ2n) is 6.10. The molecule has 1 aromatic rings. The predicted molar refractivity (Wildman–Crippen MR) is 93.9 cm³/mol. The molecule has 0 heterocycles. The zero-order chi connectivity index (χ0) is 17.6. The third-order valence-corrected chi connectivity index (χ3v) is 4.21. The number of benzene rings is 1. The van der Waals surface area contributed by atoms with Gasteiger partial charge in [0.1, 0.15) is 0 Å². The van der Waals surface area contributed by atoms with Crippen LogP contribution in [0.1, 0.15) is 45.7 Å². The summed E-state index contributed by atoms with van der Waals surface area (Å²) < 4.78 is 25.0. The van der Waals surface area contributed by atoms with Crippen LogP contribution in [0.4, 0.5) is 10.5 Å². The topological polar surface area (TPSA) is 87.3 Å². The fraction of sp³-hybridized carbons (Fsp3) is 0.562. The molecule has 0 aliphatic carbocycles. The lowest BCUT2D eigenvalue weighted by molar-refractivity contribution is 0.229. The van der Waals surface area contributed by atoms with Crippen LogP contribution in [-0.2, 0) is 10.0 Å². The summed E-state index contributed by atoms with van der Waals surface area (Å²) in [7, 11) is -3.32. The molecule has 0 aromatic heterocycles. The van der Waals surface area contributed by atoms with Gasteiger partial charge in [-0.15, -0.1) is 0 Å². The number of sulfonamides is 1. The zero-order valence-corrected chi connectivity index (χ0v) is 15.2. The summed E-state index contributed by atoms with van der Waals surface area (Å²) in [6.07, 6.45) is 1.97. The first-order chi connectivity index (χ1) is 10.6. The van der Waals surface area contributed by atoms with Gasteiger partial charge < -0.3 is 10.6 Å². The fourth-order valence-electron chi connectivity index (χ4n) is 2.32. The van der Waals surface area contributed by atoms with Crippen molar-refractivity contribution in [3.05, 3.63) is 29.8 Å². The van der Waals surface area contributed by atoms with Crippen molar-refractivity contribution in [2.45, 2.75) is 46.2 Å². The van der Waals surface area contributed by atoms with E-state index in [1.54, 1.807) is 18.2 Å². The minimum atomic E-state index is -3.32. The lowest BCUT2D eigenvalue weighted by Crippen LogP contribution is -2.44. The number of anilines is 1. The first-order valence-electron chi connectivity index (χ1n) is 7.77. The number of nitrogens with one attached hydrogen (secondary N) is 3. The number of rotatable bonds is 7. The molecule has 0 bridgehead atoms. The molecular weight excluding hydrogens is 314 g/mol. The van der Waals surface area contributed by atoms with Gasteiger partial charge in [-0.2, -0.15) is 0 Å². The summed E-state index contributed by atoms with van der Waals surface area (Å²) in [5, 5.41) is 5.84. The average molecular weight is 341 g/mol. The van der Waals surface area contributed by atoms with Crippen molar-refractivity contribution in [1.29, 1.82) is 0 Å². The van der Waals surface area contributed by atoms with Crippen LogP contribution in [0, 0.1) is 5.92 Å². The molecule has 0 aliphatic heterocycles. The molecule has 1 rings (SSSR count). The molecule has 6 nitrogen and oxygen atoms in total. The van der Waals surface area contributed by atoms with Crippen molar-refractivity contribution in [3.63, 3.8) is 0 Å². The number of amides is 2. The molecule has 0 saturated heterocycles. The largest absolute Gasteiger partial charge is 0.335 e. The van der Waals surface area contributed by atoms with Gasteiger partial charge >= 0.3 is 6.03 Å². The van der Waals surface area contributed by atoms with Gasteiger partial charge in [-0.3, -0.25) is 4.72 Å². The van der Waals surface area contributed by atoms with E-state index in [1.165, 1.54) is 0 Å². The van der Waals surface area contributed by atoms with E-state index in [2.05, 4.69) is 29.2 Å². The van der Waals surface area contributed by atoms with Crippen LogP contribution in [0.2, 0.25) is 0 Å². The highest BCUT2D eigenvalue weighted by molar-refractivity contribution is 7.92. The molecule has 23 heavy (non-hydrogen) atoms. The van der Waals surface area contributed by atoms with Gasteiger partial charge in [-0.25, -0.2) is 13.2 Å². The van der Waals surface area contributed by atoms with E-state index in [0.29, 0.717) is 11.6 Å². The number of urea groups is 1. The van der Waals surface area contributed by atoms with Gasteiger partial charge in [0.05, 0.1) is 12.3 Å². The minimum absolute atomic E-state index is 0.125. The minimum Gasteiger partial charge on any atom is -0.335 e. The second-order valence-corrected chi connectivity index (χ2v) is 7.85. The normalized spacial score (nSPS) is 14.2. The summed E-state index contributed by atoms with van der Waals surface area (Å²) in [5.41, 5.74) is 1.30. The van der Waals surface area contributed by atoms with Crippen molar-refractivity contribution in [2.24, 2.45) is 5.92 Å². The molecular formula is C16H27N3O3S. The van der Waals surface area contributed by atoms with E-state index in [9.17, 15) is 13.2 Å². The first kappa shape index (κ1) is 19.3. The Kier molecular flexibility index (Phi) is 6.87. The Labute approximate surface area is 139 Å². The third kappa shape index (κ3) is 6.90. The Bertz CT molecular complexity index is 629. The fourth-order valence-corrected chi connectivity index (χ4v) is 2.87. The van der Waals surface area contributed by atoms with Crippen molar-refractivity contribution in [2.75, 3.05) is 11.0 Å². The molecule has 0 aliphatic rings. The molecule has 2 atom stereocenters. The lowest BCUT2D eigenvalue weighted by Gasteiger charge is -2.23. The predicted octanol–water partition coefficient (Wildman–Crippen LogP) is 2.85. The van der Waals surface area contributed by atoms with Gasteiger partial charge in [-0.05, 0) is 37.0 Å². The van der Waals surface area contributed by atoms with Gasteiger partial charge in [-0.1, -0.05) is 32.9 Å². The van der Waals surface area contributed by atoms with Crippen LogP contribution >= 0.6 is 0 Å². The summed E-state index contributed by atoms with van der Waals surface area (Å²) in [6, 6.07) is 6.65. The Morgan fingerprint density at radius 1 is 1.17 bits per heavy atom. The Balaban J connectivity index is 2.72. The van der Waals surface area contributed by atoms with E-state index >= 15 is 0 Å². The van der Waals surface area contributed by atoms with Crippen LogP contribution in [0.3, 0.4) is 0 Å². The number of hydrogen-bond donors (Lipinski definition) is 3. The van der Waals surface area contributed by atoms with Crippen molar-refractivity contribution >= 4 is 21.7 Å². The van der Waals surface area contributed by atoms with Crippen LogP contribution in [-0.4, -0.2) is 26.7 Å². The molecule has 0 saturated carbocycles. The maximum Gasteiger partial charge on any atom is 0.315 e. The van der Waals surface area contributed by atoms with E-state index < -0.39 is 10.0 Å². The first-order valence-corrected chi connectivity index (χ1v) is 9.66. The number of carbonyl (C=O) groups excluding carboxylic acids is 1. The molecule has 0 spiro atoms. The van der Waals surface area contributed by atoms with Crippen LogP contribution in [0.25, 0.3) is 0 Å². The van der Waals surface area contributed by atoms with Crippen LogP contribution in [0.15, 0.2) is 24.3 Å². The zero-order valence-electron chi connectivity index (χ0n) is 14.4. The van der Waals surface area contributed by atoms with Gasteiger partial charge in [0.25, 0.3) is 0 Å². The van der Waals surface area contributed by atoms with Crippen LogP contribution < -0.4 is 15.4 Å². The molecule has 1 aromatic carbocycles. The van der Waals surface area contributed by atoms with Gasteiger partial charge in [0.2, 0.25) is 10.0 Å². The Morgan fingerprint density at radius 2 is 1.83 bits per heavy atom. The molecule has 130 valence electrons. The Morgan fingerprint density at radius 3 is 2.35 bits per heavy atom. The van der Waals surface area contributed by atoms with E-state index in [0.717, 1.165) is 18.2 Å². The maximum atomic E-state index is 12.1. The van der Waals surface area contributed by atoms with Crippen LogP contribution in [0.5, 0.6) is 0 Å². The number of carbonyl (C=O) groups is 1. The monoisotopic (exact) mass is 341 g/mol. The highest BCUT2D eigenvalue weighted by atomic mass is 32.2. The maximum absolute atomic E-state index is 12.1. The Hall–Kier alpha value is -1.76. The van der Waals surface area contributed by atoms with Gasteiger partial charge in [0, 0.05) is 11.7 Å². The quantitative estimate of drug-likeness (QED) is 0.712. The molecule has 0 fully saturated rings. The highest BCUT2D eigenvalue weighted by Crippen LogP contribution is 2.18. The molecule has 7 heteroatoms. The van der Waals surface area contributed by atoms with E-state index in [1.807, 2.05) is 19.9 Å².